The predicted octanol–water partition coefficient (Wildman–Crippen LogP) is 1.61. The molecule has 5 heteroatoms. The number of hydrogen-bond acceptors (Lipinski definition) is 5. The molecule has 1 aromatic rings. The van der Waals surface area contributed by atoms with Gasteiger partial charge in [0.1, 0.15) is 0 Å². The van der Waals surface area contributed by atoms with Crippen molar-refractivity contribution in [1.29, 1.82) is 0 Å². The molecule has 2 N–H and O–H groups in total. The maximum absolute atomic E-state index is 10.8. The van der Waals surface area contributed by atoms with Crippen LogP contribution in [0.1, 0.15) is 17.0 Å². The molecule has 0 saturated carbocycles. The van der Waals surface area contributed by atoms with Gasteiger partial charge in [-0.05, 0) is 13.0 Å². The number of nitrogens with two attached hydrogens (primary N) is 1. The van der Waals surface area contributed by atoms with Crippen molar-refractivity contribution in [3.05, 3.63) is 16.6 Å². The molecule has 0 unspecified atom stereocenters. The van der Waals surface area contributed by atoms with E-state index < -0.39 is 0 Å². The summed E-state index contributed by atoms with van der Waals surface area (Å²) < 4.78 is 4.50. The number of methoxy groups -OCH3 is 1. The zero-order valence-corrected chi connectivity index (χ0v) is 8.93. The molecule has 0 saturated heterocycles. The SMILES string of the molecule is COC(=O)CC=Cc1sc(N)nc1C. The van der Waals surface area contributed by atoms with Crippen molar-refractivity contribution in [3.63, 3.8) is 0 Å². The van der Waals surface area contributed by atoms with Crippen molar-refractivity contribution >= 4 is 28.5 Å². The topological polar surface area (TPSA) is 65.2 Å². The number of ether oxygens (including phenoxy) is 1. The van der Waals surface area contributed by atoms with Gasteiger partial charge in [0.2, 0.25) is 0 Å². The van der Waals surface area contributed by atoms with Crippen LogP contribution in [0.25, 0.3) is 6.08 Å². The summed E-state index contributed by atoms with van der Waals surface area (Å²) in [7, 11) is 1.37. The highest BCUT2D eigenvalue weighted by Gasteiger charge is 2.01. The third-order valence-electron chi connectivity index (χ3n) is 1.63. The van der Waals surface area contributed by atoms with Gasteiger partial charge in [0.05, 0.1) is 24.1 Å². The van der Waals surface area contributed by atoms with Gasteiger partial charge in [-0.1, -0.05) is 17.4 Å². The van der Waals surface area contributed by atoms with Gasteiger partial charge >= 0.3 is 5.97 Å². The van der Waals surface area contributed by atoms with Crippen LogP contribution in [-0.4, -0.2) is 18.1 Å². The van der Waals surface area contributed by atoms with Crippen LogP contribution in [-0.2, 0) is 9.53 Å². The Labute approximate surface area is 86.4 Å². The second-order valence-corrected chi connectivity index (χ2v) is 3.75. The molecule has 0 aliphatic heterocycles. The van der Waals surface area contributed by atoms with Crippen LogP contribution in [0.4, 0.5) is 5.13 Å². The van der Waals surface area contributed by atoms with Crippen molar-refractivity contribution in [2.75, 3.05) is 12.8 Å². The second-order valence-electron chi connectivity index (χ2n) is 2.68. The summed E-state index contributed by atoms with van der Waals surface area (Å²) in [5.74, 6) is -0.253. The molecule has 0 aliphatic carbocycles. The number of aryl methyl sites for hydroxylation is 1. The Morgan fingerprint density at radius 2 is 2.43 bits per heavy atom. The zero-order valence-electron chi connectivity index (χ0n) is 8.11. The van der Waals surface area contributed by atoms with Gasteiger partial charge in [0.15, 0.2) is 5.13 Å². The molecule has 0 radical (unpaired) electrons. The lowest BCUT2D eigenvalue weighted by molar-refractivity contribution is -0.139. The van der Waals surface area contributed by atoms with E-state index in [0.717, 1.165) is 10.6 Å². The quantitative estimate of drug-likeness (QED) is 0.773. The summed E-state index contributed by atoms with van der Waals surface area (Å²) in [6.45, 7) is 1.88. The molecule has 0 fully saturated rings. The summed E-state index contributed by atoms with van der Waals surface area (Å²) in [5.41, 5.74) is 6.40. The van der Waals surface area contributed by atoms with Crippen LogP contribution in [0.3, 0.4) is 0 Å². The molecule has 1 heterocycles. The minimum atomic E-state index is -0.253. The van der Waals surface area contributed by atoms with Gasteiger partial charge in [-0.3, -0.25) is 4.79 Å². The van der Waals surface area contributed by atoms with Crippen LogP contribution >= 0.6 is 11.3 Å². The summed E-state index contributed by atoms with van der Waals surface area (Å²) >= 11 is 1.40. The molecule has 76 valence electrons. The number of aromatic nitrogens is 1. The Morgan fingerprint density at radius 1 is 1.71 bits per heavy atom. The third kappa shape index (κ3) is 2.85. The first-order valence-electron chi connectivity index (χ1n) is 4.09. The molecule has 4 nitrogen and oxygen atoms in total. The molecule has 0 spiro atoms. The molecular formula is C9H12N2O2S. The summed E-state index contributed by atoms with van der Waals surface area (Å²) in [4.78, 5) is 15.8. The van der Waals surface area contributed by atoms with E-state index in [0.29, 0.717) is 5.13 Å². The molecule has 1 rings (SSSR count). The van der Waals surface area contributed by atoms with Gasteiger partial charge in [-0.25, -0.2) is 4.98 Å². The Hall–Kier alpha value is -1.36. The van der Waals surface area contributed by atoms with Crippen molar-refractivity contribution in [2.24, 2.45) is 0 Å². The first-order chi connectivity index (χ1) is 6.63. The number of carbonyl (C=O) groups is 1. The lowest BCUT2D eigenvalue weighted by Crippen LogP contribution is -1.96. The standard InChI is InChI=1S/C9H12N2O2S/c1-6-7(14-9(10)11-6)4-3-5-8(12)13-2/h3-4H,5H2,1-2H3,(H2,10,11). The van der Waals surface area contributed by atoms with E-state index in [9.17, 15) is 4.79 Å². The van der Waals surface area contributed by atoms with Gasteiger partial charge in [0, 0.05) is 0 Å². The van der Waals surface area contributed by atoms with Crippen molar-refractivity contribution in [1.82, 2.24) is 4.98 Å². The van der Waals surface area contributed by atoms with Gasteiger partial charge < -0.3 is 10.5 Å². The van der Waals surface area contributed by atoms with Gasteiger partial charge in [0.25, 0.3) is 0 Å². The van der Waals surface area contributed by atoms with E-state index in [4.69, 9.17) is 5.73 Å². The van der Waals surface area contributed by atoms with E-state index in [-0.39, 0.29) is 12.4 Å². The van der Waals surface area contributed by atoms with Crippen molar-refractivity contribution < 1.29 is 9.53 Å². The number of esters is 1. The number of nitrogens with zero attached hydrogens (tertiary/aromatic N) is 1. The van der Waals surface area contributed by atoms with Crippen LogP contribution < -0.4 is 5.73 Å². The monoisotopic (exact) mass is 212 g/mol. The average Bonchev–Trinajstić information content (AvgIpc) is 2.45. The van der Waals surface area contributed by atoms with Gasteiger partial charge in [-0.15, -0.1) is 0 Å². The Kier molecular flexibility index (Phi) is 3.64. The molecule has 0 aromatic carbocycles. The smallest absolute Gasteiger partial charge is 0.309 e. The predicted molar refractivity (Wildman–Crippen MR) is 56.9 cm³/mol. The Bertz CT molecular complexity index is 358. The summed E-state index contributed by atoms with van der Waals surface area (Å²) in [6, 6.07) is 0. The molecular weight excluding hydrogens is 200 g/mol. The number of thiazole rings is 1. The minimum Gasteiger partial charge on any atom is -0.469 e. The summed E-state index contributed by atoms with van der Waals surface area (Å²) in [5, 5.41) is 0.542. The fourth-order valence-electron chi connectivity index (χ4n) is 0.930. The molecule has 0 amide bonds. The van der Waals surface area contributed by atoms with Crippen LogP contribution in [0, 0.1) is 6.92 Å². The molecule has 0 bridgehead atoms. The highest BCUT2D eigenvalue weighted by atomic mass is 32.1. The first-order valence-corrected chi connectivity index (χ1v) is 4.91. The largest absolute Gasteiger partial charge is 0.469 e. The van der Waals surface area contributed by atoms with E-state index in [1.54, 1.807) is 6.08 Å². The molecule has 14 heavy (non-hydrogen) atoms. The zero-order chi connectivity index (χ0) is 10.6. The average molecular weight is 212 g/mol. The maximum atomic E-state index is 10.8. The number of hydrogen-bond donors (Lipinski definition) is 1. The van der Waals surface area contributed by atoms with E-state index in [1.165, 1.54) is 18.4 Å². The fourth-order valence-corrected chi connectivity index (χ4v) is 1.70. The minimum absolute atomic E-state index is 0.253. The second kappa shape index (κ2) is 4.76. The van der Waals surface area contributed by atoms with Crippen molar-refractivity contribution in [2.45, 2.75) is 13.3 Å². The van der Waals surface area contributed by atoms with Crippen LogP contribution in [0.5, 0.6) is 0 Å². The lowest BCUT2D eigenvalue weighted by atomic mass is 10.3. The van der Waals surface area contributed by atoms with E-state index in [2.05, 4.69) is 9.72 Å². The number of rotatable bonds is 3. The molecule has 0 aliphatic rings. The van der Waals surface area contributed by atoms with Gasteiger partial charge in [-0.2, -0.15) is 0 Å². The highest BCUT2D eigenvalue weighted by molar-refractivity contribution is 7.16. The van der Waals surface area contributed by atoms with E-state index >= 15 is 0 Å². The molecule has 1 aromatic heterocycles. The highest BCUT2D eigenvalue weighted by Crippen LogP contribution is 2.20. The Balaban J connectivity index is 2.60. The van der Waals surface area contributed by atoms with Crippen LogP contribution in [0.15, 0.2) is 6.08 Å². The number of carbonyl (C=O) groups excluding carboxylic acids is 1. The van der Waals surface area contributed by atoms with Crippen LogP contribution in [0.2, 0.25) is 0 Å². The fraction of sp³-hybridized carbons (Fsp3) is 0.333. The van der Waals surface area contributed by atoms with E-state index in [1.807, 2.05) is 13.0 Å². The number of nitrogen functional groups attached to an aromatic ring is 1. The number of anilines is 1. The van der Waals surface area contributed by atoms with Crippen molar-refractivity contribution in [3.8, 4) is 0 Å². The third-order valence-corrected chi connectivity index (χ3v) is 2.58. The normalized spacial score (nSPS) is 10.7. The maximum Gasteiger partial charge on any atom is 0.309 e. The Morgan fingerprint density at radius 3 is 2.93 bits per heavy atom. The lowest BCUT2D eigenvalue weighted by Gasteiger charge is -1.91. The summed E-state index contributed by atoms with van der Waals surface area (Å²) in [6.07, 6.45) is 3.85. The molecule has 0 atom stereocenters. The first kappa shape index (κ1) is 10.7.